The molecule has 0 heterocycles. The van der Waals surface area contributed by atoms with Crippen LogP contribution < -0.4 is 0 Å². The number of sulfonamides is 1. The van der Waals surface area contributed by atoms with Gasteiger partial charge in [-0.1, -0.05) is 39.0 Å². The van der Waals surface area contributed by atoms with Gasteiger partial charge in [-0.15, -0.1) is 0 Å². The lowest BCUT2D eigenvalue weighted by Crippen LogP contribution is -2.26. The van der Waals surface area contributed by atoms with Crippen molar-refractivity contribution in [3.05, 3.63) is 29.8 Å². The number of hydrogen-bond donors (Lipinski definition) is 0. The van der Waals surface area contributed by atoms with Crippen molar-refractivity contribution in [3.8, 4) is 0 Å². The molecular weight excluding hydrogens is 222 g/mol. The first-order chi connectivity index (χ1) is 7.17. The van der Waals surface area contributed by atoms with E-state index in [1.165, 1.54) is 4.31 Å². The van der Waals surface area contributed by atoms with Crippen molar-refractivity contribution in [2.24, 2.45) is 0 Å². The van der Waals surface area contributed by atoms with Crippen LogP contribution in [0.1, 0.15) is 26.3 Å². The number of benzene rings is 1. The summed E-state index contributed by atoms with van der Waals surface area (Å²) in [5.41, 5.74) is 0.670. The van der Waals surface area contributed by atoms with Crippen LogP contribution in [0.5, 0.6) is 0 Å². The van der Waals surface area contributed by atoms with Crippen LogP contribution in [-0.2, 0) is 15.4 Å². The van der Waals surface area contributed by atoms with Gasteiger partial charge in [0.2, 0.25) is 10.0 Å². The van der Waals surface area contributed by atoms with E-state index in [2.05, 4.69) is 0 Å². The van der Waals surface area contributed by atoms with Crippen molar-refractivity contribution >= 4 is 10.0 Å². The van der Waals surface area contributed by atoms with E-state index < -0.39 is 10.0 Å². The summed E-state index contributed by atoms with van der Waals surface area (Å²) in [5, 5.41) is 0. The Morgan fingerprint density at radius 1 is 1.06 bits per heavy atom. The highest BCUT2D eigenvalue weighted by molar-refractivity contribution is 7.89. The van der Waals surface area contributed by atoms with Gasteiger partial charge in [-0.3, -0.25) is 0 Å². The topological polar surface area (TPSA) is 37.4 Å². The van der Waals surface area contributed by atoms with E-state index in [1.807, 2.05) is 32.9 Å². The van der Waals surface area contributed by atoms with Gasteiger partial charge in [-0.2, -0.15) is 0 Å². The molecule has 3 nitrogen and oxygen atoms in total. The van der Waals surface area contributed by atoms with Crippen LogP contribution in [0.3, 0.4) is 0 Å². The molecule has 0 amide bonds. The Bertz CT molecular complexity index is 470. The fraction of sp³-hybridized carbons (Fsp3) is 0.500. The molecule has 0 saturated heterocycles. The highest BCUT2D eigenvalue weighted by atomic mass is 32.2. The summed E-state index contributed by atoms with van der Waals surface area (Å²) < 4.78 is 25.5. The van der Waals surface area contributed by atoms with Crippen molar-refractivity contribution in [1.29, 1.82) is 0 Å². The monoisotopic (exact) mass is 241 g/mol. The van der Waals surface area contributed by atoms with Crippen molar-refractivity contribution in [3.63, 3.8) is 0 Å². The molecular formula is C12H19NO2S. The lowest BCUT2D eigenvalue weighted by molar-refractivity contribution is 0.511. The van der Waals surface area contributed by atoms with Crippen LogP contribution in [0.4, 0.5) is 0 Å². The predicted molar refractivity (Wildman–Crippen MR) is 66.0 cm³/mol. The molecule has 0 N–H and O–H groups in total. The third kappa shape index (κ3) is 2.44. The molecule has 0 fully saturated rings. The fourth-order valence-electron chi connectivity index (χ4n) is 1.51. The molecule has 0 aliphatic heterocycles. The quantitative estimate of drug-likeness (QED) is 0.796. The second kappa shape index (κ2) is 4.18. The number of rotatable bonds is 2. The molecule has 0 aromatic heterocycles. The molecule has 0 spiro atoms. The van der Waals surface area contributed by atoms with E-state index in [9.17, 15) is 8.42 Å². The smallest absolute Gasteiger partial charge is 0.207 e. The van der Waals surface area contributed by atoms with Crippen LogP contribution in [0, 0.1) is 0 Å². The normalized spacial score (nSPS) is 13.1. The highest BCUT2D eigenvalue weighted by Gasteiger charge is 2.26. The average molecular weight is 241 g/mol. The molecule has 4 heteroatoms. The molecule has 0 radical (unpaired) electrons. The summed E-state index contributed by atoms with van der Waals surface area (Å²) in [6.45, 7) is 6.03. The Morgan fingerprint density at radius 3 is 2.00 bits per heavy atom. The van der Waals surface area contributed by atoms with Crippen molar-refractivity contribution in [2.45, 2.75) is 31.1 Å². The molecule has 16 heavy (non-hydrogen) atoms. The third-order valence-corrected chi connectivity index (χ3v) is 4.33. The summed E-state index contributed by atoms with van der Waals surface area (Å²) in [6.07, 6.45) is 0. The van der Waals surface area contributed by atoms with Crippen molar-refractivity contribution in [2.75, 3.05) is 14.1 Å². The van der Waals surface area contributed by atoms with Gasteiger partial charge in [0.25, 0.3) is 0 Å². The molecule has 1 rings (SSSR count). The van der Waals surface area contributed by atoms with Gasteiger partial charge in [-0.25, -0.2) is 12.7 Å². The minimum Gasteiger partial charge on any atom is -0.207 e. The van der Waals surface area contributed by atoms with Gasteiger partial charge in [0.1, 0.15) is 0 Å². The van der Waals surface area contributed by atoms with Crippen LogP contribution in [-0.4, -0.2) is 26.8 Å². The van der Waals surface area contributed by atoms with Crippen LogP contribution in [0.15, 0.2) is 29.2 Å². The Hall–Kier alpha value is -0.870. The second-order valence-corrected chi connectivity index (χ2v) is 7.15. The van der Waals surface area contributed by atoms with Crippen molar-refractivity contribution in [1.82, 2.24) is 4.31 Å². The van der Waals surface area contributed by atoms with E-state index in [0.717, 1.165) is 5.56 Å². The maximum Gasteiger partial charge on any atom is 0.242 e. The van der Waals surface area contributed by atoms with E-state index in [-0.39, 0.29) is 5.41 Å². The maximum absolute atomic E-state index is 12.1. The van der Waals surface area contributed by atoms with E-state index >= 15 is 0 Å². The molecule has 0 aliphatic carbocycles. The van der Waals surface area contributed by atoms with Gasteiger partial charge >= 0.3 is 0 Å². The molecule has 1 aromatic rings. The van der Waals surface area contributed by atoms with E-state index in [0.29, 0.717) is 4.90 Å². The molecule has 0 aliphatic rings. The zero-order valence-electron chi connectivity index (χ0n) is 10.5. The first kappa shape index (κ1) is 13.2. The van der Waals surface area contributed by atoms with Crippen LogP contribution in [0.25, 0.3) is 0 Å². The molecule has 0 unspecified atom stereocenters. The highest BCUT2D eigenvalue weighted by Crippen LogP contribution is 2.29. The Morgan fingerprint density at radius 2 is 1.56 bits per heavy atom. The summed E-state index contributed by atoms with van der Waals surface area (Å²) in [4.78, 5) is 0.396. The van der Waals surface area contributed by atoms with Gasteiger partial charge in [0.05, 0.1) is 4.90 Å². The Labute approximate surface area is 98.1 Å². The lowest BCUT2D eigenvalue weighted by atomic mass is 9.87. The summed E-state index contributed by atoms with van der Waals surface area (Å²) in [5.74, 6) is 0. The first-order valence-electron chi connectivity index (χ1n) is 5.19. The zero-order valence-corrected chi connectivity index (χ0v) is 11.3. The lowest BCUT2D eigenvalue weighted by Gasteiger charge is -2.24. The minimum absolute atomic E-state index is 0.181. The van der Waals surface area contributed by atoms with Crippen molar-refractivity contribution < 1.29 is 8.42 Å². The van der Waals surface area contributed by atoms with Gasteiger partial charge in [0, 0.05) is 14.1 Å². The van der Waals surface area contributed by atoms with E-state index in [4.69, 9.17) is 0 Å². The first-order valence-corrected chi connectivity index (χ1v) is 6.63. The Balaban J connectivity index is 3.48. The zero-order chi connectivity index (χ0) is 12.6. The predicted octanol–water partition coefficient (Wildman–Crippen LogP) is 2.23. The van der Waals surface area contributed by atoms with Gasteiger partial charge in [0.15, 0.2) is 0 Å². The van der Waals surface area contributed by atoms with Gasteiger partial charge in [-0.05, 0) is 17.0 Å². The molecule has 0 saturated carbocycles. The second-order valence-electron chi connectivity index (χ2n) is 5.03. The minimum atomic E-state index is -3.36. The van der Waals surface area contributed by atoms with Crippen LogP contribution >= 0.6 is 0 Å². The maximum atomic E-state index is 12.1. The third-order valence-electron chi connectivity index (χ3n) is 2.45. The molecule has 0 atom stereocenters. The summed E-state index contributed by atoms with van der Waals surface area (Å²) in [7, 11) is -0.257. The molecule has 1 aromatic carbocycles. The van der Waals surface area contributed by atoms with E-state index in [1.54, 1.807) is 26.2 Å². The SMILES string of the molecule is CN(C)S(=O)(=O)c1ccccc1C(C)(C)C. The number of hydrogen-bond acceptors (Lipinski definition) is 2. The van der Waals surface area contributed by atoms with Gasteiger partial charge < -0.3 is 0 Å². The molecule has 90 valence electrons. The summed E-state index contributed by atoms with van der Waals surface area (Å²) >= 11 is 0. The molecule has 0 bridgehead atoms. The summed E-state index contributed by atoms with van der Waals surface area (Å²) in [6, 6.07) is 7.16. The fourth-order valence-corrected chi connectivity index (χ4v) is 2.80. The Kier molecular flexibility index (Phi) is 3.45. The number of nitrogens with zero attached hydrogens (tertiary/aromatic N) is 1. The van der Waals surface area contributed by atoms with Crippen LogP contribution in [0.2, 0.25) is 0 Å². The average Bonchev–Trinajstić information content (AvgIpc) is 2.16. The standard InChI is InChI=1S/C12H19NO2S/c1-12(2,3)10-8-6-7-9-11(10)16(14,15)13(4)5/h6-9H,1-5H3. The largest absolute Gasteiger partial charge is 0.242 e.